The fourth-order valence-electron chi connectivity index (χ4n) is 5.35. The maximum atomic E-state index is 14.0. The zero-order valence-corrected chi connectivity index (χ0v) is 18.1. The topological polar surface area (TPSA) is 40.6 Å². The second-order valence-corrected chi connectivity index (χ2v) is 10.2. The molecule has 162 valence electrons. The molecule has 1 saturated heterocycles. The molecule has 2 aromatic carbocycles. The lowest BCUT2D eigenvalue weighted by Crippen LogP contribution is -2.56. The van der Waals surface area contributed by atoms with Crippen LogP contribution in [-0.4, -0.2) is 23.1 Å². The van der Waals surface area contributed by atoms with Crippen molar-refractivity contribution in [3.05, 3.63) is 59.2 Å². The summed E-state index contributed by atoms with van der Waals surface area (Å²) in [6.45, 7) is 6.11. The van der Waals surface area contributed by atoms with Gasteiger partial charge in [-0.1, -0.05) is 31.2 Å². The number of hydrogen-bond acceptors (Lipinski definition) is 3. The van der Waals surface area contributed by atoms with E-state index in [-0.39, 0.29) is 29.2 Å². The lowest BCUT2D eigenvalue weighted by Gasteiger charge is -2.44. The van der Waals surface area contributed by atoms with Crippen molar-refractivity contribution in [3.8, 4) is 0 Å². The summed E-state index contributed by atoms with van der Waals surface area (Å²) in [5.74, 6) is -0.399. The minimum absolute atomic E-state index is 0.0233. The summed E-state index contributed by atoms with van der Waals surface area (Å²) in [6, 6.07) is 10.4. The van der Waals surface area contributed by atoms with E-state index in [1.54, 1.807) is 4.90 Å². The highest BCUT2D eigenvalue weighted by atomic mass is 32.2. The minimum Gasteiger partial charge on any atom is -0.303 e. The fraction of sp³-hybridized carbons (Fsp3) is 0.391. The van der Waals surface area contributed by atoms with E-state index >= 15 is 0 Å². The number of nitrogens with zero attached hydrogens (tertiary/aromatic N) is 2. The van der Waals surface area contributed by atoms with Gasteiger partial charge in [-0.25, -0.2) is 0 Å². The van der Waals surface area contributed by atoms with Gasteiger partial charge in [-0.15, -0.1) is 11.8 Å². The van der Waals surface area contributed by atoms with Crippen molar-refractivity contribution < 1.29 is 22.8 Å². The third kappa shape index (κ3) is 2.63. The number of amides is 2. The van der Waals surface area contributed by atoms with E-state index in [9.17, 15) is 22.8 Å². The van der Waals surface area contributed by atoms with Gasteiger partial charge >= 0.3 is 6.18 Å². The Morgan fingerprint density at radius 1 is 1.06 bits per heavy atom. The van der Waals surface area contributed by atoms with Crippen LogP contribution >= 0.6 is 11.8 Å². The molecule has 2 atom stereocenters. The summed E-state index contributed by atoms with van der Waals surface area (Å²) in [4.78, 5) is 28.7. The quantitative estimate of drug-likeness (QED) is 0.599. The van der Waals surface area contributed by atoms with Crippen LogP contribution in [-0.2, 0) is 20.6 Å². The Labute approximate surface area is 182 Å². The standard InChI is InChI=1S/C23H21F3N2O2S/c1-13-11-21(2,3)28-19-16(13)8-5-9-17(19)22(20(28)30)27(18(29)12-31-22)15-7-4-6-14(10-15)23(24,25)26/h4-10,13H,11-12H2,1-3H3/t13-,22-/m1/s1. The summed E-state index contributed by atoms with van der Waals surface area (Å²) in [7, 11) is 0. The Balaban J connectivity index is 1.75. The van der Waals surface area contributed by atoms with E-state index in [2.05, 4.69) is 6.92 Å². The number of alkyl halides is 3. The van der Waals surface area contributed by atoms with Crippen molar-refractivity contribution in [2.75, 3.05) is 15.6 Å². The zero-order chi connectivity index (χ0) is 22.3. The van der Waals surface area contributed by atoms with Gasteiger partial charge in [0.1, 0.15) is 0 Å². The van der Waals surface area contributed by atoms with Gasteiger partial charge in [-0.2, -0.15) is 13.2 Å². The van der Waals surface area contributed by atoms with Crippen LogP contribution in [0.2, 0.25) is 0 Å². The molecule has 3 aliphatic rings. The molecule has 0 radical (unpaired) electrons. The first kappa shape index (κ1) is 20.4. The highest BCUT2D eigenvalue weighted by Gasteiger charge is 2.64. The van der Waals surface area contributed by atoms with E-state index in [1.165, 1.54) is 28.8 Å². The molecule has 5 rings (SSSR count). The van der Waals surface area contributed by atoms with Crippen LogP contribution in [0.25, 0.3) is 0 Å². The predicted octanol–water partition coefficient (Wildman–Crippen LogP) is 5.27. The number of hydrogen-bond donors (Lipinski definition) is 0. The molecule has 1 spiro atoms. The number of rotatable bonds is 1. The van der Waals surface area contributed by atoms with Gasteiger partial charge < -0.3 is 4.90 Å². The van der Waals surface area contributed by atoms with Crippen molar-refractivity contribution in [2.24, 2.45) is 0 Å². The van der Waals surface area contributed by atoms with Gasteiger partial charge in [-0.05, 0) is 49.9 Å². The largest absolute Gasteiger partial charge is 0.416 e. The van der Waals surface area contributed by atoms with Crippen LogP contribution in [0.1, 0.15) is 49.8 Å². The maximum Gasteiger partial charge on any atom is 0.416 e. The van der Waals surface area contributed by atoms with Crippen LogP contribution in [0.3, 0.4) is 0 Å². The van der Waals surface area contributed by atoms with Crippen molar-refractivity contribution in [1.29, 1.82) is 0 Å². The number of thioether (sulfide) groups is 1. The van der Waals surface area contributed by atoms with Crippen LogP contribution in [0, 0.1) is 0 Å². The fourth-order valence-corrected chi connectivity index (χ4v) is 6.68. The Hall–Kier alpha value is -2.48. The lowest BCUT2D eigenvalue weighted by atomic mass is 9.80. The van der Waals surface area contributed by atoms with Crippen molar-refractivity contribution in [3.63, 3.8) is 0 Å². The minimum atomic E-state index is -4.55. The average molecular weight is 446 g/mol. The normalized spacial score (nSPS) is 26.7. The van der Waals surface area contributed by atoms with Gasteiger partial charge in [0.15, 0.2) is 0 Å². The van der Waals surface area contributed by atoms with Crippen molar-refractivity contribution in [1.82, 2.24) is 0 Å². The predicted molar refractivity (Wildman–Crippen MR) is 114 cm³/mol. The first-order chi connectivity index (χ1) is 14.5. The summed E-state index contributed by atoms with van der Waals surface area (Å²) < 4.78 is 40.1. The van der Waals surface area contributed by atoms with Gasteiger partial charge in [-0.3, -0.25) is 14.5 Å². The molecule has 3 heterocycles. The number of benzene rings is 2. The number of anilines is 2. The molecular weight excluding hydrogens is 425 g/mol. The van der Waals surface area contributed by atoms with Gasteiger partial charge in [0, 0.05) is 16.8 Å². The number of carbonyl (C=O) groups is 2. The summed E-state index contributed by atoms with van der Waals surface area (Å²) in [5.41, 5.74) is 1.28. The number of para-hydroxylation sites is 1. The number of fused-ring (bicyclic) bond motifs is 1. The Morgan fingerprint density at radius 3 is 2.48 bits per heavy atom. The summed E-state index contributed by atoms with van der Waals surface area (Å²) in [6.07, 6.45) is -3.79. The Morgan fingerprint density at radius 2 is 1.77 bits per heavy atom. The molecule has 2 amide bonds. The Bertz CT molecular complexity index is 1130. The van der Waals surface area contributed by atoms with E-state index in [4.69, 9.17) is 0 Å². The smallest absolute Gasteiger partial charge is 0.303 e. The second kappa shape index (κ2) is 6.28. The molecule has 0 N–H and O–H groups in total. The molecule has 2 aromatic rings. The zero-order valence-electron chi connectivity index (χ0n) is 17.3. The molecule has 0 aromatic heterocycles. The van der Waals surface area contributed by atoms with Crippen LogP contribution < -0.4 is 9.80 Å². The van der Waals surface area contributed by atoms with E-state index < -0.39 is 22.1 Å². The van der Waals surface area contributed by atoms with Gasteiger partial charge in [0.25, 0.3) is 5.91 Å². The van der Waals surface area contributed by atoms with E-state index in [1.807, 2.05) is 32.0 Å². The molecule has 4 nitrogen and oxygen atoms in total. The lowest BCUT2D eigenvalue weighted by molar-refractivity contribution is -0.137. The van der Waals surface area contributed by atoms with Crippen molar-refractivity contribution >= 4 is 35.0 Å². The molecule has 31 heavy (non-hydrogen) atoms. The van der Waals surface area contributed by atoms with Crippen LogP contribution in [0.5, 0.6) is 0 Å². The molecule has 8 heteroatoms. The van der Waals surface area contributed by atoms with E-state index in [0.717, 1.165) is 29.8 Å². The molecule has 1 fully saturated rings. The third-order valence-electron chi connectivity index (χ3n) is 6.49. The monoisotopic (exact) mass is 446 g/mol. The van der Waals surface area contributed by atoms with E-state index in [0.29, 0.717) is 5.56 Å². The average Bonchev–Trinajstić information content (AvgIpc) is 3.16. The third-order valence-corrected chi connectivity index (χ3v) is 7.88. The first-order valence-corrected chi connectivity index (χ1v) is 11.1. The summed E-state index contributed by atoms with van der Waals surface area (Å²) >= 11 is 1.19. The molecule has 0 saturated carbocycles. The van der Waals surface area contributed by atoms with Crippen LogP contribution in [0.15, 0.2) is 42.5 Å². The molecule has 0 unspecified atom stereocenters. The van der Waals surface area contributed by atoms with Gasteiger partial charge in [0.2, 0.25) is 10.8 Å². The molecule has 0 bridgehead atoms. The van der Waals surface area contributed by atoms with Crippen LogP contribution in [0.4, 0.5) is 24.5 Å². The summed E-state index contributed by atoms with van der Waals surface area (Å²) in [5, 5.41) is 0. The first-order valence-electron chi connectivity index (χ1n) is 10.1. The number of halogens is 3. The Kier molecular flexibility index (Phi) is 4.14. The molecular formula is C23H21F3N2O2S. The SMILES string of the molecule is C[C@@H]1CC(C)(C)N2C(=O)[C@]3(SCC(=O)N3c3cccc(C(F)(F)F)c3)c3cccc1c32. The molecule has 0 aliphatic carbocycles. The second-order valence-electron chi connectivity index (χ2n) is 9.01. The highest BCUT2D eigenvalue weighted by molar-refractivity contribution is 8.02. The number of carbonyl (C=O) groups excluding carboxylic acids is 2. The highest BCUT2D eigenvalue weighted by Crippen LogP contribution is 2.61. The maximum absolute atomic E-state index is 14.0. The molecule has 3 aliphatic heterocycles. The van der Waals surface area contributed by atoms with Crippen molar-refractivity contribution in [2.45, 2.75) is 49.7 Å². The van der Waals surface area contributed by atoms with Gasteiger partial charge in [0.05, 0.1) is 17.0 Å².